The van der Waals surface area contributed by atoms with Crippen LogP contribution in [-0.4, -0.2) is 26.0 Å². The maximum absolute atomic E-state index is 12.0. The number of nitrogens with two attached hydrogens (primary N) is 1. The Bertz CT molecular complexity index is 499. The summed E-state index contributed by atoms with van der Waals surface area (Å²) < 4.78 is 0. The number of amides is 1. The van der Waals surface area contributed by atoms with Crippen LogP contribution in [0.3, 0.4) is 0 Å². The average Bonchev–Trinajstić information content (AvgIpc) is 3.26. The molecule has 2 heterocycles. The Balaban J connectivity index is 1.97. The number of anilines is 2. The highest BCUT2D eigenvalue weighted by Crippen LogP contribution is 2.52. The normalized spacial score (nSPS) is 19.8. The molecule has 0 spiro atoms. The molecule has 1 saturated heterocycles. The van der Waals surface area contributed by atoms with E-state index in [1.54, 1.807) is 18.4 Å². The minimum absolute atomic E-state index is 0.0459. The number of carbonyl (C=O) groups excluding carboxylic acids is 1. The summed E-state index contributed by atoms with van der Waals surface area (Å²) in [5.41, 5.74) is 8.28. The topological polar surface area (TPSA) is 58.4 Å². The van der Waals surface area contributed by atoms with Gasteiger partial charge in [0, 0.05) is 25.7 Å². The van der Waals surface area contributed by atoms with Gasteiger partial charge in [0.2, 0.25) is 0 Å². The summed E-state index contributed by atoms with van der Waals surface area (Å²) in [7, 11) is 1.67. The summed E-state index contributed by atoms with van der Waals surface area (Å²) in [6, 6.07) is 0. The van der Waals surface area contributed by atoms with Crippen molar-refractivity contribution in [2.75, 3.05) is 30.8 Å². The third-order valence-corrected chi connectivity index (χ3v) is 5.56. The number of nitrogens with one attached hydrogen (secondary N) is 1. The number of nitrogen functional groups attached to an aromatic ring is 1. The molecule has 0 aromatic carbocycles. The van der Waals surface area contributed by atoms with Crippen LogP contribution in [0.1, 0.15) is 59.7 Å². The SMILES string of the molecule is CNC(=O)c1sc(N2CCCCCC2)c(C2CC2)c1N. The van der Waals surface area contributed by atoms with Gasteiger partial charge in [0.25, 0.3) is 5.91 Å². The molecule has 2 fully saturated rings. The van der Waals surface area contributed by atoms with E-state index < -0.39 is 0 Å². The fourth-order valence-electron chi connectivity index (χ4n) is 3.00. The molecule has 1 aromatic rings. The maximum atomic E-state index is 12.0. The second-order valence-electron chi connectivity index (χ2n) is 5.82. The summed E-state index contributed by atoms with van der Waals surface area (Å²) in [5.74, 6) is 0.540. The predicted octanol–water partition coefficient (Wildman–Crippen LogP) is 2.95. The van der Waals surface area contributed by atoms with Crippen molar-refractivity contribution in [3.05, 3.63) is 10.4 Å². The summed E-state index contributed by atoms with van der Waals surface area (Å²) >= 11 is 1.59. The van der Waals surface area contributed by atoms with Crippen LogP contribution in [0, 0.1) is 0 Å². The molecule has 20 heavy (non-hydrogen) atoms. The van der Waals surface area contributed by atoms with Crippen molar-refractivity contribution < 1.29 is 4.79 Å². The van der Waals surface area contributed by atoms with Crippen LogP contribution >= 0.6 is 11.3 Å². The number of thiophene rings is 1. The van der Waals surface area contributed by atoms with Crippen molar-refractivity contribution in [1.29, 1.82) is 0 Å². The second-order valence-corrected chi connectivity index (χ2v) is 6.82. The van der Waals surface area contributed by atoms with E-state index in [2.05, 4.69) is 10.2 Å². The molecule has 1 amide bonds. The van der Waals surface area contributed by atoms with Crippen LogP contribution in [-0.2, 0) is 0 Å². The van der Waals surface area contributed by atoms with Gasteiger partial charge in [-0.25, -0.2) is 0 Å². The largest absolute Gasteiger partial charge is 0.397 e. The van der Waals surface area contributed by atoms with Crippen molar-refractivity contribution in [1.82, 2.24) is 5.32 Å². The molecule has 1 aromatic heterocycles. The highest BCUT2D eigenvalue weighted by molar-refractivity contribution is 7.18. The van der Waals surface area contributed by atoms with Gasteiger partial charge in [0.05, 0.1) is 10.7 Å². The smallest absolute Gasteiger partial charge is 0.263 e. The minimum Gasteiger partial charge on any atom is -0.397 e. The standard InChI is InChI=1S/C15H23N3OS/c1-17-14(19)13-12(16)11(10-6-7-10)15(20-13)18-8-4-2-3-5-9-18/h10H,2-9,16H2,1H3,(H,17,19). The zero-order valence-electron chi connectivity index (χ0n) is 12.1. The summed E-state index contributed by atoms with van der Waals surface area (Å²) in [6.07, 6.45) is 7.56. The van der Waals surface area contributed by atoms with Gasteiger partial charge in [-0.05, 0) is 31.6 Å². The van der Waals surface area contributed by atoms with Crippen LogP contribution in [0.4, 0.5) is 10.7 Å². The summed E-state index contributed by atoms with van der Waals surface area (Å²) in [5, 5.41) is 3.98. The van der Waals surface area contributed by atoms with Crippen molar-refractivity contribution >= 4 is 27.9 Å². The number of hydrogen-bond acceptors (Lipinski definition) is 4. The molecule has 0 unspecified atom stereocenters. The lowest BCUT2D eigenvalue weighted by molar-refractivity contribution is 0.0968. The minimum atomic E-state index is -0.0459. The highest BCUT2D eigenvalue weighted by atomic mass is 32.1. The van der Waals surface area contributed by atoms with Crippen LogP contribution in [0.5, 0.6) is 0 Å². The van der Waals surface area contributed by atoms with Gasteiger partial charge in [-0.15, -0.1) is 11.3 Å². The van der Waals surface area contributed by atoms with E-state index in [-0.39, 0.29) is 5.91 Å². The van der Waals surface area contributed by atoms with Gasteiger partial charge in [-0.3, -0.25) is 4.79 Å². The van der Waals surface area contributed by atoms with Gasteiger partial charge in [-0.2, -0.15) is 0 Å². The zero-order chi connectivity index (χ0) is 14.1. The van der Waals surface area contributed by atoms with E-state index >= 15 is 0 Å². The Hall–Kier alpha value is -1.23. The van der Waals surface area contributed by atoms with Gasteiger partial charge in [0.15, 0.2) is 0 Å². The molecule has 1 aliphatic carbocycles. The van der Waals surface area contributed by atoms with E-state index in [0.717, 1.165) is 18.8 Å². The molecule has 0 bridgehead atoms. The molecule has 5 heteroatoms. The predicted molar refractivity (Wildman–Crippen MR) is 84.8 cm³/mol. The summed E-state index contributed by atoms with van der Waals surface area (Å²) in [6.45, 7) is 2.21. The monoisotopic (exact) mass is 293 g/mol. The van der Waals surface area contributed by atoms with E-state index in [1.807, 2.05) is 0 Å². The lowest BCUT2D eigenvalue weighted by atomic mass is 10.1. The molecule has 3 N–H and O–H groups in total. The van der Waals surface area contributed by atoms with Crippen LogP contribution < -0.4 is 16.0 Å². The van der Waals surface area contributed by atoms with Crippen LogP contribution in [0.15, 0.2) is 0 Å². The first-order chi connectivity index (χ1) is 9.72. The maximum Gasteiger partial charge on any atom is 0.263 e. The van der Waals surface area contributed by atoms with Gasteiger partial charge >= 0.3 is 0 Å². The fraction of sp³-hybridized carbons (Fsp3) is 0.667. The lowest BCUT2D eigenvalue weighted by Gasteiger charge is -2.22. The molecule has 1 saturated carbocycles. The quantitative estimate of drug-likeness (QED) is 0.901. The van der Waals surface area contributed by atoms with E-state index in [1.165, 1.54) is 49.1 Å². The first-order valence-corrected chi connectivity index (χ1v) is 8.43. The summed E-state index contributed by atoms with van der Waals surface area (Å²) in [4.78, 5) is 15.2. The molecular weight excluding hydrogens is 270 g/mol. The first-order valence-electron chi connectivity index (χ1n) is 7.61. The van der Waals surface area contributed by atoms with E-state index in [9.17, 15) is 4.79 Å². The zero-order valence-corrected chi connectivity index (χ0v) is 12.9. The van der Waals surface area contributed by atoms with Crippen molar-refractivity contribution in [2.45, 2.75) is 44.4 Å². The number of nitrogens with zero attached hydrogens (tertiary/aromatic N) is 1. The molecular formula is C15H23N3OS. The molecule has 2 aliphatic rings. The fourth-order valence-corrected chi connectivity index (χ4v) is 4.31. The molecule has 3 rings (SSSR count). The number of carbonyl (C=O) groups is 1. The first kappa shape index (κ1) is 13.7. The highest BCUT2D eigenvalue weighted by Gasteiger charge is 2.34. The van der Waals surface area contributed by atoms with Gasteiger partial charge < -0.3 is 16.0 Å². The molecule has 110 valence electrons. The van der Waals surface area contributed by atoms with Crippen LogP contribution in [0.2, 0.25) is 0 Å². The third-order valence-electron chi connectivity index (χ3n) is 4.28. The number of rotatable bonds is 3. The Morgan fingerprint density at radius 2 is 1.90 bits per heavy atom. The van der Waals surface area contributed by atoms with Crippen molar-refractivity contribution in [2.24, 2.45) is 0 Å². The van der Waals surface area contributed by atoms with Gasteiger partial charge in [-0.1, -0.05) is 12.8 Å². The second kappa shape index (κ2) is 5.64. The molecule has 4 nitrogen and oxygen atoms in total. The molecule has 0 atom stereocenters. The van der Waals surface area contributed by atoms with Crippen LogP contribution in [0.25, 0.3) is 0 Å². The van der Waals surface area contributed by atoms with Crippen molar-refractivity contribution in [3.63, 3.8) is 0 Å². The average molecular weight is 293 g/mol. The Kier molecular flexibility index (Phi) is 3.87. The van der Waals surface area contributed by atoms with Gasteiger partial charge in [0.1, 0.15) is 4.88 Å². The Morgan fingerprint density at radius 3 is 2.45 bits per heavy atom. The number of hydrogen-bond donors (Lipinski definition) is 2. The van der Waals surface area contributed by atoms with E-state index in [0.29, 0.717) is 10.8 Å². The third kappa shape index (κ3) is 2.51. The van der Waals surface area contributed by atoms with E-state index in [4.69, 9.17) is 5.73 Å². The molecule has 0 radical (unpaired) electrons. The molecule has 1 aliphatic heterocycles. The Labute approximate surface area is 124 Å². The Morgan fingerprint density at radius 1 is 1.25 bits per heavy atom. The van der Waals surface area contributed by atoms with Crippen molar-refractivity contribution in [3.8, 4) is 0 Å². The lowest BCUT2D eigenvalue weighted by Crippen LogP contribution is -2.23.